The smallest absolute Gasteiger partial charge is 0.335 e. The number of carbonyl (C=O) groups excluding carboxylic acids is 1. The maximum atomic E-state index is 11.1. The maximum Gasteiger partial charge on any atom is 0.335 e. The van der Waals surface area contributed by atoms with Crippen molar-refractivity contribution in [1.29, 1.82) is 0 Å². The molecule has 19 heavy (non-hydrogen) atoms. The zero-order chi connectivity index (χ0) is 14.8. The first-order chi connectivity index (χ1) is 8.92. The molecule has 2 unspecified atom stereocenters. The van der Waals surface area contributed by atoms with Crippen molar-refractivity contribution in [3.63, 3.8) is 0 Å². The largest absolute Gasteiger partial charge is 0.463 e. The number of esters is 1. The first-order valence-corrected chi connectivity index (χ1v) is 7.01. The van der Waals surface area contributed by atoms with E-state index in [1.165, 1.54) is 0 Å². The van der Waals surface area contributed by atoms with E-state index >= 15 is 0 Å². The average molecular weight is 286 g/mol. The molecular weight excluding hydrogens is 262 g/mol. The van der Waals surface area contributed by atoms with Gasteiger partial charge in [0.1, 0.15) is 0 Å². The SMILES string of the molecule is CC1C=CC(Cl)C1.CC=N/C(C)=C(\C)C(=O)OCC. The zero-order valence-corrected chi connectivity index (χ0v) is 13.2. The van der Waals surface area contributed by atoms with E-state index in [0.717, 1.165) is 6.42 Å². The van der Waals surface area contributed by atoms with Crippen LogP contribution in [0.25, 0.3) is 0 Å². The van der Waals surface area contributed by atoms with Crippen LogP contribution in [-0.2, 0) is 9.53 Å². The number of aliphatic imine (C=N–C) groups is 1. The molecule has 0 radical (unpaired) electrons. The minimum absolute atomic E-state index is 0.291. The summed E-state index contributed by atoms with van der Waals surface area (Å²) in [6.45, 7) is 9.66. The first-order valence-electron chi connectivity index (χ1n) is 6.58. The predicted octanol–water partition coefficient (Wildman–Crippen LogP) is 4.12. The van der Waals surface area contributed by atoms with Crippen molar-refractivity contribution in [3.05, 3.63) is 23.4 Å². The summed E-state index contributed by atoms with van der Waals surface area (Å²) in [5.74, 6) is 0.420. The van der Waals surface area contributed by atoms with Gasteiger partial charge in [-0.25, -0.2) is 4.79 Å². The lowest BCUT2D eigenvalue weighted by atomic mass is 10.2. The fourth-order valence-electron chi connectivity index (χ4n) is 1.50. The summed E-state index contributed by atoms with van der Waals surface area (Å²) in [6, 6.07) is 0. The van der Waals surface area contributed by atoms with Crippen LogP contribution in [-0.4, -0.2) is 24.2 Å². The third-order valence-electron chi connectivity index (χ3n) is 2.69. The van der Waals surface area contributed by atoms with Crippen molar-refractivity contribution >= 4 is 23.8 Å². The Morgan fingerprint density at radius 3 is 2.42 bits per heavy atom. The summed E-state index contributed by atoms with van der Waals surface area (Å²) in [6.07, 6.45) is 7.00. The van der Waals surface area contributed by atoms with Gasteiger partial charge in [-0.3, -0.25) is 4.99 Å². The van der Waals surface area contributed by atoms with E-state index in [-0.39, 0.29) is 5.97 Å². The van der Waals surface area contributed by atoms with E-state index in [9.17, 15) is 4.79 Å². The number of alkyl halides is 1. The van der Waals surface area contributed by atoms with Gasteiger partial charge in [-0.2, -0.15) is 0 Å². The Morgan fingerprint density at radius 1 is 1.47 bits per heavy atom. The summed E-state index contributed by atoms with van der Waals surface area (Å²) in [7, 11) is 0. The maximum absolute atomic E-state index is 11.1. The molecule has 3 nitrogen and oxygen atoms in total. The third-order valence-corrected chi connectivity index (χ3v) is 3.02. The standard InChI is InChI=1S/C9H15NO2.C6H9Cl/c1-5-10-8(4)7(3)9(11)12-6-2;1-5-2-3-6(7)4-5/h5H,6H2,1-4H3;2-3,5-6H,4H2,1H3/b8-7+,10-5?;. The molecule has 0 saturated carbocycles. The van der Waals surface area contributed by atoms with Crippen molar-refractivity contribution in [3.8, 4) is 0 Å². The summed E-state index contributed by atoms with van der Waals surface area (Å²) < 4.78 is 4.80. The number of nitrogens with zero attached hydrogens (tertiary/aromatic N) is 1. The number of hydrogen-bond donors (Lipinski definition) is 0. The molecule has 1 rings (SSSR count). The van der Waals surface area contributed by atoms with Gasteiger partial charge in [0.15, 0.2) is 0 Å². The number of carbonyl (C=O) groups is 1. The molecule has 0 aromatic heterocycles. The topological polar surface area (TPSA) is 38.7 Å². The summed E-state index contributed by atoms with van der Waals surface area (Å²) >= 11 is 5.72. The first kappa shape index (κ1) is 17.9. The van der Waals surface area contributed by atoms with Gasteiger partial charge >= 0.3 is 5.97 Å². The fourth-order valence-corrected chi connectivity index (χ4v) is 1.87. The van der Waals surface area contributed by atoms with Crippen LogP contribution in [0.4, 0.5) is 0 Å². The van der Waals surface area contributed by atoms with Gasteiger partial charge in [-0.1, -0.05) is 19.1 Å². The molecule has 0 spiro atoms. The highest BCUT2D eigenvalue weighted by atomic mass is 35.5. The lowest BCUT2D eigenvalue weighted by molar-refractivity contribution is -0.138. The molecule has 4 heteroatoms. The van der Waals surface area contributed by atoms with E-state index in [1.54, 1.807) is 27.0 Å². The van der Waals surface area contributed by atoms with Crippen molar-refractivity contribution < 1.29 is 9.53 Å². The number of halogens is 1. The van der Waals surface area contributed by atoms with E-state index < -0.39 is 0 Å². The normalized spacial score (nSPS) is 22.8. The Bertz CT molecular complexity index is 362. The molecule has 0 aliphatic heterocycles. The van der Waals surface area contributed by atoms with E-state index in [4.69, 9.17) is 16.3 Å². The van der Waals surface area contributed by atoms with Gasteiger partial charge in [0.25, 0.3) is 0 Å². The van der Waals surface area contributed by atoms with Crippen LogP contribution in [0.5, 0.6) is 0 Å². The van der Waals surface area contributed by atoms with Crippen molar-refractivity contribution in [2.75, 3.05) is 6.61 Å². The molecule has 0 bridgehead atoms. The molecule has 0 fully saturated rings. The number of hydrogen-bond acceptors (Lipinski definition) is 3. The molecule has 1 aliphatic carbocycles. The molecule has 0 saturated heterocycles. The van der Waals surface area contributed by atoms with Crippen LogP contribution >= 0.6 is 11.6 Å². The minimum Gasteiger partial charge on any atom is -0.463 e. The Hall–Kier alpha value is -1.09. The highest BCUT2D eigenvalue weighted by Crippen LogP contribution is 2.20. The molecule has 0 N–H and O–H groups in total. The van der Waals surface area contributed by atoms with E-state index in [1.807, 2.05) is 6.92 Å². The lowest BCUT2D eigenvalue weighted by Gasteiger charge is -2.02. The Kier molecular flexibility index (Phi) is 9.23. The fraction of sp³-hybridized carbons (Fsp3) is 0.600. The highest BCUT2D eigenvalue weighted by molar-refractivity contribution is 6.22. The average Bonchev–Trinajstić information content (AvgIpc) is 2.73. The van der Waals surface area contributed by atoms with Gasteiger partial charge in [-0.15, -0.1) is 11.6 Å². The van der Waals surface area contributed by atoms with Crippen LogP contribution < -0.4 is 0 Å². The monoisotopic (exact) mass is 285 g/mol. The van der Waals surface area contributed by atoms with Crippen molar-refractivity contribution in [2.45, 2.75) is 46.4 Å². The van der Waals surface area contributed by atoms with Gasteiger partial charge in [0, 0.05) is 11.9 Å². The molecule has 2 atom stereocenters. The second-order valence-corrected chi connectivity index (χ2v) is 4.99. The van der Waals surface area contributed by atoms with Crippen LogP contribution in [0.3, 0.4) is 0 Å². The summed E-state index contributed by atoms with van der Waals surface area (Å²) in [4.78, 5) is 15.1. The minimum atomic E-state index is -0.291. The summed E-state index contributed by atoms with van der Waals surface area (Å²) in [5.41, 5.74) is 1.27. The van der Waals surface area contributed by atoms with Gasteiger partial charge in [0.2, 0.25) is 0 Å². The molecule has 108 valence electrons. The van der Waals surface area contributed by atoms with E-state index in [2.05, 4.69) is 24.1 Å². The molecule has 0 heterocycles. The molecule has 0 aromatic rings. The Balaban J connectivity index is 0.000000388. The molecule has 0 aromatic carbocycles. The third kappa shape index (κ3) is 7.83. The predicted molar refractivity (Wildman–Crippen MR) is 81.7 cm³/mol. The Morgan fingerprint density at radius 2 is 2.11 bits per heavy atom. The van der Waals surface area contributed by atoms with Crippen LogP contribution in [0.1, 0.15) is 41.0 Å². The second kappa shape index (κ2) is 9.79. The van der Waals surface area contributed by atoms with Crippen LogP contribution in [0, 0.1) is 5.92 Å². The number of rotatable bonds is 3. The molecular formula is C15H24ClNO2. The van der Waals surface area contributed by atoms with E-state index in [0.29, 0.717) is 29.2 Å². The highest BCUT2D eigenvalue weighted by Gasteiger charge is 2.10. The lowest BCUT2D eigenvalue weighted by Crippen LogP contribution is -2.06. The number of ether oxygens (including phenoxy) is 1. The number of allylic oxidation sites excluding steroid dienone is 3. The second-order valence-electron chi connectivity index (χ2n) is 4.43. The van der Waals surface area contributed by atoms with Gasteiger partial charge in [0.05, 0.1) is 17.6 Å². The van der Waals surface area contributed by atoms with Crippen LogP contribution in [0.15, 0.2) is 28.4 Å². The quantitative estimate of drug-likeness (QED) is 0.257. The van der Waals surface area contributed by atoms with Crippen molar-refractivity contribution in [1.82, 2.24) is 0 Å². The van der Waals surface area contributed by atoms with Crippen molar-refractivity contribution in [2.24, 2.45) is 10.9 Å². The molecule has 1 aliphatic rings. The Labute approximate surface area is 121 Å². The van der Waals surface area contributed by atoms with Gasteiger partial charge < -0.3 is 4.74 Å². The summed E-state index contributed by atoms with van der Waals surface area (Å²) in [5, 5.41) is 0.315. The van der Waals surface area contributed by atoms with Gasteiger partial charge in [-0.05, 0) is 40.0 Å². The zero-order valence-electron chi connectivity index (χ0n) is 12.4. The molecule has 0 amide bonds. The van der Waals surface area contributed by atoms with Crippen LogP contribution in [0.2, 0.25) is 0 Å².